The number of hydroxylamine groups is 2. The third-order valence-electron chi connectivity index (χ3n) is 4.59. The molecule has 3 rings (SSSR count). The van der Waals surface area contributed by atoms with Crippen molar-refractivity contribution in [3.05, 3.63) is 88.4 Å². The van der Waals surface area contributed by atoms with Crippen molar-refractivity contribution in [2.45, 2.75) is 13.0 Å². The van der Waals surface area contributed by atoms with E-state index in [1.165, 1.54) is 6.08 Å². The number of benzene rings is 2. The van der Waals surface area contributed by atoms with Gasteiger partial charge in [-0.05, 0) is 35.3 Å². The fourth-order valence-electron chi connectivity index (χ4n) is 3.08. The average molecular weight is 427 g/mol. The van der Waals surface area contributed by atoms with Gasteiger partial charge in [-0.25, -0.2) is 5.06 Å². The highest BCUT2D eigenvalue weighted by Gasteiger charge is 2.46. The van der Waals surface area contributed by atoms with Crippen LogP contribution in [0, 0.1) is 5.41 Å². The number of nitrogens with zero attached hydrogens (tertiary/aromatic N) is 1. The van der Waals surface area contributed by atoms with Gasteiger partial charge in [0.15, 0.2) is 5.41 Å². The second kappa shape index (κ2) is 7.90. The smallest absolute Gasteiger partial charge is 0.266 e. The minimum atomic E-state index is -1.62. The van der Waals surface area contributed by atoms with E-state index in [2.05, 4.69) is 15.9 Å². The van der Waals surface area contributed by atoms with E-state index < -0.39 is 17.2 Å². The maximum Gasteiger partial charge on any atom is 0.266 e. The van der Waals surface area contributed by atoms with Crippen molar-refractivity contribution < 1.29 is 14.8 Å². The van der Waals surface area contributed by atoms with Crippen LogP contribution in [0.2, 0.25) is 0 Å². The molecule has 0 saturated heterocycles. The van der Waals surface area contributed by atoms with E-state index in [0.29, 0.717) is 5.06 Å². The molecule has 0 saturated carbocycles. The van der Waals surface area contributed by atoms with Gasteiger partial charge in [-0.1, -0.05) is 76.6 Å². The Bertz CT molecular complexity index is 907. The average Bonchev–Trinajstić information content (AvgIpc) is 2.69. The molecule has 138 valence electrons. The van der Waals surface area contributed by atoms with Gasteiger partial charge < -0.3 is 5.73 Å². The largest absolute Gasteiger partial charge is 0.368 e. The molecule has 6 heteroatoms. The van der Waals surface area contributed by atoms with E-state index in [9.17, 15) is 14.8 Å². The second-order valence-corrected chi connectivity index (χ2v) is 7.33. The Morgan fingerprint density at radius 3 is 2.41 bits per heavy atom. The third-order valence-corrected chi connectivity index (χ3v) is 5.12. The maximum atomic E-state index is 13.0. The Hall–Kier alpha value is -2.70. The van der Waals surface area contributed by atoms with Gasteiger partial charge in [-0.15, -0.1) is 0 Å². The summed E-state index contributed by atoms with van der Waals surface area (Å²) in [5, 5.41) is 10.9. The molecule has 2 aromatic carbocycles. The number of carbonyl (C=O) groups excluding carboxylic acids is 2. The number of allylic oxidation sites excluding steroid dienone is 3. The molecule has 1 unspecified atom stereocenters. The molecule has 27 heavy (non-hydrogen) atoms. The molecule has 0 aliphatic heterocycles. The van der Waals surface area contributed by atoms with Gasteiger partial charge in [-0.3, -0.25) is 14.8 Å². The highest BCUT2D eigenvalue weighted by Crippen LogP contribution is 2.38. The number of primary amides is 1. The summed E-state index contributed by atoms with van der Waals surface area (Å²) >= 11 is 3.34. The van der Waals surface area contributed by atoms with Crippen LogP contribution in [0.5, 0.6) is 0 Å². The van der Waals surface area contributed by atoms with Crippen molar-refractivity contribution in [1.82, 2.24) is 5.06 Å². The quantitative estimate of drug-likeness (QED) is 0.434. The predicted molar refractivity (Wildman–Crippen MR) is 106 cm³/mol. The summed E-state index contributed by atoms with van der Waals surface area (Å²) < 4.78 is 0.892. The molecular formula is C21H19BrN2O3. The lowest BCUT2D eigenvalue weighted by Gasteiger charge is -2.32. The number of halogens is 1. The van der Waals surface area contributed by atoms with Gasteiger partial charge >= 0.3 is 0 Å². The van der Waals surface area contributed by atoms with Crippen LogP contribution >= 0.6 is 15.9 Å². The van der Waals surface area contributed by atoms with E-state index >= 15 is 0 Å². The molecule has 1 atom stereocenters. The molecule has 0 aromatic heterocycles. The van der Waals surface area contributed by atoms with Crippen molar-refractivity contribution in [3.63, 3.8) is 0 Å². The first-order valence-electron chi connectivity index (χ1n) is 8.41. The van der Waals surface area contributed by atoms with Gasteiger partial charge in [-0.2, -0.15) is 0 Å². The molecule has 0 fully saturated rings. The van der Waals surface area contributed by atoms with Crippen molar-refractivity contribution >= 4 is 33.3 Å². The molecule has 2 aromatic rings. The Labute approximate surface area is 165 Å². The minimum Gasteiger partial charge on any atom is -0.368 e. The van der Waals surface area contributed by atoms with E-state index in [4.69, 9.17) is 5.73 Å². The summed E-state index contributed by atoms with van der Waals surface area (Å²) in [6, 6.07) is 16.7. The highest BCUT2D eigenvalue weighted by molar-refractivity contribution is 9.10. The van der Waals surface area contributed by atoms with E-state index in [0.717, 1.165) is 21.2 Å². The first kappa shape index (κ1) is 19.1. The first-order valence-corrected chi connectivity index (χ1v) is 9.21. The molecule has 1 aliphatic rings. The topological polar surface area (TPSA) is 83.6 Å². The van der Waals surface area contributed by atoms with Crippen LogP contribution < -0.4 is 5.73 Å². The predicted octanol–water partition coefficient (Wildman–Crippen LogP) is 3.68. The molecule has 1 aliphatic carbocycles. The number of carbonyl (C=O) groups is 2. The number of hydrogen-bond acceptors (Lipinski definition) is 3. The van der Waals surface area contributed by atoms with E-state index in [-0.39, 0.29) is 13.0 Å². The zero-order chi connectivity index (χ0) is 19.4. The number of rotatable bonds is 5. The van der Waals surface area contributed by atoms with Crippen LogP contribution in [0.25, 0.3) is 5.57 Å². The lowest BCUT2D eigenvalue weighted by Crippen LogP contribution is -2.49. The lowest BCUT2D eigenvalue weighted by molar-refractivity contribution is -0.178. The molecule has 5 nitrogen and oxygen atoms in total. The van der Waals surface area contributed by atoms with Crippen molar-refractivity contribution in [2.75, 3.05) is 0 Å². The van der Waals surface area contributed by atoms with Crippen LogP contribution in [0.4, 0.5) is 0 Å². The van der Waals surface area contributed by atoms with Gasteiger partial charge in [0.1, 0.15) is 0 Å². The van der Waals surface area contributed by atoms with Crippen LogP contribution in [0.15, 0.2) is 77.3 Å². The zero-order valence-corrected chi connectivity index (χ0v) is 16.1. The number of nitrogens with two attached hydrogens (primary N) is 1. The first-order chi connectivity index (χ1) is 12.9. The van der Waals surface area contributed by atoms with Crippen LogP contribution in [-0.2, 0) is 16.1 Å². The van der Waals surface area contributed by atoms with Gasteiger partial charge in [0.25, 0.3) is 5.91 Å². The Morgan fingerprint density at radius 1 is 1.11 bits per heavy atom. The summed E-state index contributed by atoms with van der Waals surface area (Å²) in [6.45, 7) is -0.0423. The van der Waals surface area contributed by atoms with E-state index in [1.54, 1.807) is 18.2 Å². The molecule has 0 bridgehead atoms. The standard InChI is InChI=1S/C21H19BrN2O3/c22-18-10-8-15(9-11-18)14-24(27)20(26)21(19(23)25)12-4-7-17(13-21)16-5-2-1-3-6-16/h1-12,27H,13-14H2,(H2,23,25). The summed E-state index contributed by atoms with van der Waals surface area (Å²) in [5.74, 6) is -1.53. The summed E-state index contributed by atoms with van der Waals surface area (Å²) in [6.07, 6.45) is 5.05. The normalized spacial score (nSPS) is 18.7. The summed E-state index contributed by atoms with van der Waals surface area (Å²) in [5.41, 5.74) is 6.43. The van der Waals surface area contributed by atoms with Gasteiger partial charge in [0.2, 0.25) is 5.91 Å². The molecule has 0 heterocycles. The summed E-state index contributed by atoms with van der Waals surface area (Å²) in [4.78, 5) is 25.3. The van der Waals surface area contributed by atoms with Gasteiger partial charge in [0, 0.05) is 4.47 Å². The Kier molecular flexibility index (Phi) is 5.58. The lowest BCUT2D eigenvalue weighted by atomic mass is 9.75. The molecule has 0 spiro atoms. The molecule has 2 amide bonds. The second-order valence-electron chi connectivity index (χ2n) is 6.42. The Balaban J connectivity index is 1.85. The monoisotopic (exact) mass is 426 g/mol. The minimum absolute atomic E-state index is 0.0423. The van der Waals surface area contributed by atoms with E-state index in [1.807, 2.05) is 48.5 Å². The number of amides is 2. The SMILES string of the molecule is NC(=O)C1(C(=O)N(O)Cc2ccc(Br)cc2)C=CC=C(c2ccccc2)C1. The van der Waals surface area contributed by atoms with Crippen LogP contribution in [-0.4, -0.2) is 22.1 Å². The Morgan fingerprint density at radius 2 is 1.78 bits per heavy atom. The highest BCUT2D eigenvalue weighted by atomic mass is 79.9. The van der Waals surface area contributed by atoms with Crippen LogP contribution in [0.3, 0.4) is 0 Å². The van der Waals surface area contributed by atoms with Crippen LogP contribution in [0.1, 0.15) is 17.5 Å². The third kappa shape index (κ3) is 4.02. The fourth-order valence-corrected chi connectivity index (χ4v) is 3.35. The molecule has 3 N–H and O–H groups in total. The molecule has 0 radical (unpaired) electrons. The fraction of sp³-hybridized carbons (Fsp3) is 0.143. The zero-order valence-electron chi connectivity index (χ0n) is 14.5. The van der Waals surface area contributed by atoms with Crippen molar-refractivity contribution in [1.29, 1.82) is 0 Å². The molecular weight excluding hydrogens is 408 g/mol. The van der Waals surface area contributed by atoms with Crippen molar-refractivity contribution in [3.8, 4) is 0 Å². The van der Waals surface area contributed by atoms with Crippen molar-refractivity contribution in [2.24, 2.45) is 11.1 Å². The maximum absolute atomic E-state index is 13.0. The summed E-state index contributed by atoms with van der Waals surface area (Å²) in [7, 11) is 0. The number of hydrogen-bond donors (Lipinski definition) is 2. The van der Waals surface area contributed by atoms with Gasteiger partial charge in [0.05, 0.1) is 6.54 Å².